The fourth-order valence-electron chi connectivity index (χ4n) is 3.62. The summed E-state index contributed by atoms with van der Waals surface area (Å²) in [5.41, 5.74) is 2.18. The van der Waals surface area contributed by atoms with Gasteiger partial charge in [-0.3, -0.25) is 0 Å². The first-order chi connectivity index (χ1) is 15.1. The molecule has 1 aromatic carbocycles. The highest BCUT2D eigenvalue weighted by molar-refractivity contribution is 5.79. The van der Waals surface area contributed by atoms with Crippen molar-refractivity contribution in [1.29, 1.82) is 0 Å². The third-order valence-electron chi connectivity index (χ3n) is 5.59. The zero-order chi connectivity index (χ0) is 22.1. The number of nitrogens with one attached hydrogen (secondary N) is 2. The number of aliphatic imine (C=N–C) groups is 1. The van der Waals surface area contributed by atoms with Gasteiger partial charge in [0.05, 0.1) is 20.8 Å². The minimum absolute atomic E-state index is 0.575. The van der Waals surface area contributed by atoms with E-state index in [1.165, 1.54) is 12.8 Å². The highest BCUT2D eigenvalue weighted by atomic mass is 16.5. The maximum atomic E-state index is 5.39. The molecule has 0 unspecified atom stereocenters. The Hall–Kier alpha value is -2.96. The van der Waals surface area contributed by atoms with Crippen molar-refractivity contribution in [2.75, 3.05) is 38.8 Å². The van der Waals surface area contributed by atoms with E-state index in [0.717, 1.165) is 60.0 Å². The molecule has 7 nitrogen and oxygen atoms in total. The molecule has 0 saturated carbocycles. The Morgan fingerprint density at radius 3 is 2.45 bits per heavy atom. The highest BCUT2D eigenvalue weighted by Gasteiger charge is 2.16. The predicted molar refractivity (Wildman–Crippen MR) is 126 cm³/mol. The quantitative estimate of drug-likeness (QED) is 0.498. The minimum atomic E-state index is 0.575. The van der Waals surface area contributed by atoms with Gasteiger partial charge in [0.1, 0.15) is 5.82 Å². The number of benzene rings is 1. The molecule has 3 rings (SSSR count). The molecular formula is C24H35N5O2. The smallest absolute Gasteiger partial charge is 0.191 e. The van der Waals surface area contributed by atoms with E-state index in [-0.39, 0.29) is 0 Å². The second-order valence-electron chi connectivity index (χ2n) is 7.93. The zero-order valence-electron chi connectivity index (χ0n) is 19.1. The van der Waals surface area contributed by atoms with Gasteiger partial charge in [0, 0.05) is 32.4 Å². The van der Waals surface area contributed by atoms with E-state index in [1.54, 1.807) is 14.2 Å². The summed E-state index contributed by atoms with van der Waals surface area (Å²) in [7, 11) is 3.28. The molecule has 0 atom stereocenters. The molecule has 2 N–H and O–H groups in total. The molecule has 168 valence electrons. The van der Waals surface area contributed by atoms with Crippen LogP contribution in [-0.4, -0.2) is 44.8 Å². The molecule has 0 bridgehead atoms. The molecule has 1 saturated heterocycles. The van der Waals surface area contributed by atoms with Crippen molar-refractivity contribution in [2.45, 2.75) is 39.8 Å². The second-order valence-corrected chi connectivity index (χ2v) is 7.93. The Morgan fingerprint density at radius 1 is 1.06 bits per heavy atom. The molecule has 0 amide bonds. The number of ether oxygens (including phenoxy) is 2. The van der Waals surface area contributed by atoms with Crippen molar-refractivity contribution < 1.29 is 9.47 Å². The number of hydrogen-bond donors (Lipinski definition) is 2. The number of methoxy groups -OCH3 is 2. The predicted octanol–water partition coefficient (Wildman–Crippen LogP) is 3.59. The van der Waals surface area contributed by atoms with Gasteiger partial charge in [-0.15, -0.1) is 0 Å². The van der Waals surface area contributed by atoms with Crippen LogP contribution in [0.25, 0.3) is 0 Å². The lowest BCUT2D eigenvalue weighted by molar-refractivity contribution is 0.354. The van der Waals surface area contributed by atoms with Crippen LogP contribution in [0.15, 0.2) is 41.5 Å². The van der Waals surface area contributed by atoms with E-state index < -0.39 is 0 Å². The maximum absolute atomic E-state index is 5.39. The number of guanidine groups is 1. The summed E-state index contributed by atoms with van der Waals surface area (Å²) in [6, 6.07) is 10.1. The molecule has 1 aliphatic heterocycles. The van der Waals surface area contributed by atoms with Gasteiger partial charge >= 0.3 is 0 Å². The Balaban J connectivity index is 1.58. The van der Waals surface area contributed by atoms with Gasteiger partial charge < -0.3 is 25.0 Å². The van der Waals surface area contributed by atoms with E-state index in [2.05, 4.69) is 46.5 Å². The molecule has 7 heteroatoms. The van der Waals surface area contributed by atoms with Gasteiger partial charge in [-0.05, 0) is 55.0 Å². The number of piperidine rings is 1. The van der Waals surface area contributed by atoms with Crippen LogP contribution in [0, 0.1) is 5.92 Å². The number of rotatable bonds is 8. The summed E-state index contributed by atoms with van der Waals surface area (Å²) in [4.78, 5) is 11.8. The third-order valence-corrected chi connectivity index (χ3v) is 5.59. The number of hydrogen-bond acceptors (Lipinski definition) is 5. The molecule has 0 radical (unpaired) electrons. The SMILES string of the molecule is CCNC(=NCc1ccc(N2CCC(C)CC2)nc1)NCc1ccc(OC)c(OC)c1. The van der Waals surface area contributed by atoms with Crippen LogP contribution < -0.4 is 25.0 Å². The molecule has 2 heterocycles. The van der Waals surface area contributed by atoms with Gasteiger partial charge in [0.15, 0.2) is 17.5 Å². The first-order valence-electron chi connectivity index (χ1n) is 11.1. The van der Waals surface area contributed by atoms with Crippen LogP contribution in [-0.2, 0) is 13.1 Å². The van der Waals surface area contributed by atoms with Crippen LogP contribution in [0.2, 0.25) is 0 Å². The summed E-state index contributed by atoms with van der Waals surface area (Å²) >= 11 is 0. The van der Waals surface area contributed by atoms with E-state index >= 15 is 0 Å². The summed E-state index contributed by atoms with van der Waals surface area (Å²) in [6.45, 7) is 8.58. The summed E-state index contributed by atoms with van der Waals surface area (Å²) in [6.07, 6.45) is 4.42. The maximum Gasteiger partial charge on any atom is 0.191 e. The fourth-order valence-corrected chi connectivity index (χ4v) is 3.62. The van der Waals surface area contributed by atoms with E-state index in [4.69, 9.17) is 14.5 Å². The lowest BCUT2D eigenvalue weighted by Crippen LogP contribution is -2.36. The normalized spacial score (nSPS) is 15.0. The Bertz CT molecular complexity index is 846. The number of nitrogens with zero attached hydrogens (tertiary/aromatic N) is 3. The van der Waals surface area contributed by atoms with Crippen molar-refractivity contribution in [3.63, 3.8) is 0 Å². The lowest BCUT2D eigenvalue weighted by atomic mass is 9.99. The first-order valence-corrected chi connectivity index (χ1v) is 11.1. The fraction of sp³-hybridized carbons (Fsp3) is 0.500. The van der Waals surface area contributed by atoms with Gasteiger partial charge in [-0.25, -0.2) is 9.98 Å². The third kappa shape index (κ3) is 6.51. The first kappa shape index (κ1) is 22.7. The molecule has 0 spiro atoms. The molecule has 1 aromatic heterocycles. The molecule has 0 aliphatic carbocycles. The largest absolute Gasteiger partial charge is 0.493 e. The second kappa shape index (κ2) is 11.4. The number of aromatic nitrogens is 1. The van der Waals surface area contributed by atoms with Crippen LogP contribution >= 0.6 is 0 Å². The van der Waals surface area contributed by atoms with E-state index in [0.29, 0.717) is 13.1 Å². The van der Waals surface area contributed by atoms with Gasteiger partial charge in [-0.1, -0.05) is 19.1 Å². The average molecular weight is 426 g/mol. The zero-order valence-corrected chi connectivity index (χ0v) is 19.1. The van der Waals surface area contributed by atoms with Crippen LogP contribution in [0.3, 0.4) is 0 Å². The van der Waals surface area contributed by atoms with Crippen LogP contribution in [0.1, 0.15) is 37.8 Å². The van der Waals surface area contributed by atoms with Crippen molar-refractivity contribution in [3.05, 3.63) is 47.7 Å². The van der Waals surface area contributed by atoms with Crippen molar-refractivity contribution in [2.24, 2.45) is 10.9 Å². The van der Waals surface area contributed by atoms with Gasteiger partial charge in [0.25, 0.3) is 0 Å². The topological polar surface area (TPSA) is 71.0 Å². The van der Waals surface area contributed by atoms with E-state index in [9.17, 15) is 0 Å². The van der Waals surface area contributed by atoms with Crippen molar-refractivity contribution in [1.82, 2.24) is 15.6 Å². The number of anilines is 1. The van der Waals surface area contributed by atoms with Crippen LogP contribution in [0.4, 0.5) is 5.82 Å². The average Bonchev–Trinajstić information content (AvgIpc) is 2.81. The van der Waals surface area contributed by atoms with Crippen LogP contribution in [0.5, 0.6) is 11.5 Å². The molecular weight excluding hydrogens is 390 g/mol. The molecule has 1 fully saturated rings. The highest BCUT2D eigenvalue weighted by Crippen LogP contribution is 2.27. The monoisotopic (exact) mass is 425 g/mol. The van der Waals surface area contributed by atoms with Crippen molar-refractivity contribution >= 4 is 11.8 Å². The Labute approximate surface area is 185 Å². The van der Waals surface area contributed by atoms with Gasteiger partial charge in [-0.2, -0.15) is 0 Å². The summed E-state index contributed by atoms with van der Waals surface area (Å²) in [5, 5.41) is 6.67. The molecule has 1 aliphatic rings. The van der Waals surface area contributed by atoms with E-state index in [1.807, 2.05) is 24.4 Å². The lowest BCUT2D eigenvalue weighted by Gasteiger charge is -2.31. The summed E-state index contributed by atoms with van der Waals surface area (Å²) in [5.74, 6) is 4.10. The minimum Gasteiger partial charge on any atom is -0.493 e. The molecule has 2 aromatic rings. The van der Waals surface area contributed by atoms with Gasteiger partial charge in [0.2, 0.25) is 0 Å². The van der Waals surface area contributed by atoms with Crippen molar-refractivity contribution in [3.8, 4) is 11.5 Å². The summed E-state index contributed by atoms with van der Waals surface area (Å²) < 4.78 is 10.7. The standard InChI is InChI=1S/C24H35N5O2/c1-5-25-24(27-15-19-6-8-21(30-3)22(14-19)31-4)28-17-20-7-9-23(26-16-20)29-12-10-18(2)11-13-29/h6-9,14,16,18H,5,10-13,15,17H2,1-4H3,(H2,25,27,28). The molecule has 31 heavy (non-hydrogen) atoms. The Morgan fingerprint density at radius 2 is 1.81 bits per heavy atom. The Kier molecular flexibility index (Phi) is 8.38. The number of pyridine rings is 1.